The monoisotopic (exact) mass is 476 g/mol. The number of aromatic nitrogens is 2. The summed E-state index contributed by atoms with van der Waals surface area (Å²) in [5.74, 6) is -0.305. The molecule has 0 saturated carbocycles. The van der Waals surface area contributed by atoms with Gasteiger partial charge in [0.2, 0.25) is 11.7 Å². The van der Waals surface area contributed by atoms with Crippen molar-refractivity contribution in [3.8, 4) is 22.9 Å². The number of benzene rings is 2. The van der Waals surface area contributed by atoms with E-state index in [9.17, 15) is 4.79 Å². The lowest BCUT2D eigenvalue weighted by Crippen LogP contribution is -2.12. The average molecular weight is 477 g/mol. The minimum atomic E-state index is -0.585. The molecule has 0 bridgehead atoms. The third-order valence-corrected chi connectivity index (χ3v) is 4.88. The van der Waals surface area contributed by atoms with Crippen LogP contribution in [0.3, 0.4) is 0 Å². The van der Waals surface area contributed by atoms with E-state index in [0.717, 1.165) is 15.8 Å². The van der Waals surface area contributed by atoms with E-state index in [-0.39, 0.29) is 24.8 Å². The number of aryl methyl sites for hydroxylation is 1. The summed E-state index contributed by atoms with van der Waals surface area (Å²) in [5.41, 5.74) is 1.86. The molecule has 2 aromatic carbocycles. The molecule has 0 unspecified atom stereocenters. The first-order chi connectivity index (χ1) is 14.4. The lowest BCUT2D eigenvalue weighted by atomic mass is 10.1. The summed E-state index contributed by atoms with van der Waals surface area (Å²) in [7, 11) is 1.30. The summed E-state index contributed by atoms with van der Waals surface area (Å²) >= 11 is 3.42. The molecular weight excluding hydrogens is 455 g/mol. The molecule has 1 aromatic heterocycles. The first kappa shape index (κ1) is 21.8. The molecule has 0 N–H and O–H groups in total. The molecule has 0 aliphatic heterocycles. The van der Waals surface area contributed by atoms with Crippen LogP contribution in [0.1, 0.15) is 22.8 Å². The van der Waals surface area contributed by atoms with Gasteiger partial charge >= 0.3 is 5.97 Å². The van der Waals surface area contributed by atoms with E-state index in [4.69, 9.17) is 14.2 Å². The molecule has 6 nitrogen and oxygen atoms in total. The van der Waals surface area contributed by atoms with Crippen molar-refractivity contribution < 1.29 is 23.4 Å². The van der Waals surface area contributed by atoms with Gasteiger partial charge in [0, 0.05) is 10.0 Å². The minimum absolute atomic E-state index is 0.0344. The summed E-state index contributed by atoms with van der Waals surface area (Å²) < 4.78 is 33.5. The second kappa shape index (κ2) is 9.75. The largest absolute Gasteiger partial charge is 0.491 e. The van der Waals surface area contributed by atoms with E-state index in [1.165, 1.54) is 11.8 Å². The Balaban J connectivity index is 1.84. The fourth-order valence-corrected chi connectivity index (χ4v) is 3.44. The van der Waals surface area contributed by atoms with Gasteiger partial charge in [0.15, 0.2) is 0 Å². The van der Waals surface area contributed by atoms with Crippen LogP contribution in [0.2, 0.25) is 0 Å². The number of halogens is 2. The Hall–Kier alpha value is -2.87. The van der Waals surface area contributed by atoms with Crippen LogP contribution in [0.5, 0.6) is 11.6 Å². The molecule has 0 spiro atoms. The standard InChI is InChI=1S/C22H22BrFN2O4/c1-4-29-21-19(24)20(15-6-5-7-16(13-15)22(27)28-3)25-26(21)10-11-30-18-9-8-17(23)12-14(18)2/h5-9,12-13H,4,10-11H2,1-3H3. The van der Waals surface area contributed by atoms with Crippen LogP contribution in [0.4, 0.5) is 4.39 Å². The summed E-state index contributed by atoms with van der Waals surface area (Å²) in [4.78, 5) is 11.8. The van der Waals surface area contributed by atoms with Crippen LogP contribution in [0, 0.1) is 12.7 Å². The normalized spacial score (nSPS) is 10.7. The Morgan fingerprint density at radius 2 is 2.00 bits per heavy atom. The predicted molar refractivity (Wildman–Crippen MR) is 115 cm³/mol. The summed E-state index contributed by atoms with van der Waals surface area (Å²) in [6, 6.07) is 12.2. The summed E-state index contributed by atoms with van der Waals surface area (Å²) in [6.45, 7) is 4.59. The number of carbonyl (C=O) groups excluding carboxylic acids is 1. The number of hydrogen-bond acceptors (Lipinski definition) is 5. The first-order valence-electron chi connectivity index (χ1n) is 9.41. The van der Waals surface area contributed by atoms with E-state index in [2.05, 4.69) is 21.0 Å². The van der Waals surface area contributed by atoms with Gasteiger partial charge < -0.3 is 14.2 Å². The molecule has 0 aliphatic carbocycles. The molecular formula is C22H22BrFN2O4. The lowest BCUT2D eigenvalue weighted by Gasteiger charge is -2.11. The van der Waals surface area contributed by atoms with Gasteiger partial charge in [0.1, 0.15) is 18.1 Å². The summed E-state index contributed by atoms with van der Waals surface area (Å²) in [6.07, 6.45) is 0. The second-order valence-corrected chi connectivity index (χ2v) is 7.37. The molecule has 0 aliphatic rings. The molecule has 0 saturated heterocycles. The van der Waals surface area contributed by atoms with Crippen molar-refractivity contribution in [3.63, 3.8) is 0 Å². The van der Waals surface area contributed by atoms with E-state index < -0.39 is 11.8 Å². The Kier molecular flexibility index (Phi) is 7.10. The Morgan fingerprint density at radius 1 is 1.20 bits per heavy atom. The van der Waals surface area contributed by atoms with Crippen LogP contribution >= 0.6 is 15.9 Å². The molecule has 1 heterocycles. The van der Waals surface area contributed by atoms with Crippen molar-refractivity contribution in [1.82, 2.24) is 9.78 Å². The number of rotatable bonds is 8. The average Bonchev–Trinajstić information content (AvgIpc) is 3.05. The summed E-state index contributed by atoms with van der Waals surface area (Å²) in [5, 5.41) is 4.37. The fourth-order valence-electron chi connectivity index (χ4n) is 2.96. The molecule has 0 fully saturated rings. The maximum atomic E-state index is 15.1. The van der Waals surface area contributed by atoms with Gasteiger partial charge in [-0.25, -0.2) is 9.48 Å². The molecule has 3 rings (SSSR count). The Bertz CT molecular complexity index is 1050. The second-order valence-electron chi connectivity index (χ2n) is 6.45. The Labute approximate surface area is 182 Å². The fraction of sp³-hybridized carbons (Fsp3) is 0.273. The number of carbonyl (C=O) groups is 1. The van der Waals surface area contributed by atoms with E-state index in [0.29, 0.717) is 17.7 Å². The third kappa shape index (κ3) is 4.81. The van der Waals surface area contributed by atoms with E-state index in [1.54, 1.807) is 31.2 Å². The number of nitrogens with zero attached hydrogens (tertiary/aromatic N) is 2. The van der Waals surface area contributed by atoms with Gasteiger partial charge in [-0.3, -0.25) is 0 Å². The maximum Gasteiger partial charge on any atom is 0.337 e. The predicted octanol–water partition coefficient (Wildman–Crippen LogP) is 5.02. The van der Waals surface area contributed by atoms with Gasteiger partial charge in [-0.1, -0.05) is 28.1 Å². The zero-order valence-corrected chi connectivity index (χ0v) is 18.5. The zero-order valence-electron chi connectivity index (χ0n) is 16.9. The van der Waals surface area contributed by atoms with Gasteiger partial charge in [-0.05, 0) is 49.7 Å². The molecule has 0 atom stereocenters. The SMILES string of the molecule is CCOc1c(F)c(-c2cccc(C(=O)OC)c2)nn1CCOc1ccc(Br)cc1C. The molecule has 0 amide bonds. The molecule has 0 radical (unpaired) electrons. The molecule has 8 heteroatoms. The number of hydrogen-bond donors (Lipinski definition) is 0. The van der Waals surface area contributed by atoms with Crippen LogP contribution in [0.15, 0.2) is 46.9 Å². The smallest absolute Gasteiger partial charge is 0.337 e. The van der Waals surface area contributed by atoms with Gasteiger partial charge in [0.25, 0.3) is 0 Å². The van der Waals surface area contributed by atoms with Gasteiger partial charge in [-0.2, -0.15) is 9.49 Å². The van der Waals surface area contributed by atoms with Crippen molar-refractivity contribution in [2.75, 3.05) is 20.3 Å². The topological polar surface area (TPSA) is 62.6 Å². The van der Waals surface area contributed by atoms with Crippen molar-refractivity contribution >= 4 is 21.9 Å². The number of esters is 1. The molecule has 3 aromatic rings. The quantitative estimate of drug-likeness (QED) is 0.427. The van der Waals surface area contributed by atoms with Crippen molar-refractivity contribution in [2.45, 2.75) is 20.4 Å². The number of ether oxygens (including phenoxy) is 3. The highest BCUT2D eigenvalue weighted by Crippen LogP contribution is 2.30. The highest BCUT2D eigenvalue weighted by molar-refractivity contribution is 9.10. The Morgan fingerprint density at radius 3 is 2.70 bits per heavy atom. The van der Waals surface area contributed by atoms with Crippen LogP contribution < -0.4 is 9.47 Å². The maximum absolute atomic E-state index is 15.1. The van der Waals surface area contributed by atoms with E-state index >= 15 is 4.39 Å². The van der Waals surface area contributed by atoms with Crippen LogP contribution in [0.25, 0.3) is 11.3 Å². The zero-order chi connectivity index (χ0) is 21.7. The van der Waals surface area contributed by atoms with Crippen molar-refractivity contribution in [1.29, 1.82) is 0 Å². The van der Waals surface area contributed by atoms with Crippen molar-refractivity contribution in [2.24, 2.45) is 0 Å². The van der Waals surface area contributed by atoms with Gasteiger partial charge in [-0.15, -0.1) is 0 Å². The lowest BCUT2D eigenvalue weighted by molar-refractivity contribution is 0.0601. The van der Waals surface area contributed by atoms with Crippen molar-refractivity contribution in [3.05, 3.63) is 63.9 Å². The molecule has 30 heavy (non-hydrogen) atoms. The molecule has 158 valence electrons. The minimum Gasteiger partial charge on any atom is -0.491 e. The van der Waals surface area contributed by atoms with Crippen LogP contribution in [-0.4, -0.2) is 36.1 Å². The van der Waals surface area contributed by atoms with E-state index in [1.807, 2.05) is 25.1 Å². The van der Waals surface area contributed by atoms with Gasteiger partial charge in [0.05, 0.1) is 25.8 Å². The number of methoxy groups -OCH3 is 1. The first-order valence-corrected chi connectivity index (χ1v) is 10.2. The third-order valence-electron chi connectivity index (χ3n) is 4.39. The van der Waals surface area contributed by atoms with Crippen LogP contribution in [-0.2, 0) is 11.3 Å². The highest BCUT2D eigenvalue weighted by atomic mass is 79.9. The highest BCUT2D eigenvalue weighted by Gasteiger charge is 2.21.